The predicted octanol–water partition coefficient (Wildman–Crippen LogP) is 3.36. The molecule has 0 unspecified atom stereocenters. The number of nitrogens with one attached hydrogen (secondary N) is 1. The first-order chi connectivity index (χ1) is 9.19. The van der Waals surface area contributed by atoms with Gasteiger partial charge in [0.25, 0.3) is 0 Å². The number of pyridine rings is 2. The van der Waals surface area contributed by atoms with E-state index in [9.17, 15) is 0 Å². The molecule has 0 aromatic carbocycles. The van der Waals surface area contributed by atoms with Gasteiger partial charge in [0.15, 0.2) is 0 Å². The Hall–Kier alpha value is -2.10. The van der Waals surface area contributed by atoms with Crippen molar-refractivity contribution in [1.29, 1.82) is 0 Å². The molecule has 2 rings (SSSR count). The van der Waals surface area contributed by atoms with Crippen molar-refractivity contribution in [3.63, 3.8) is 0 Å². The van der Waals surface area contributed by atoms with Gasteiger partial charge >= 0.3 is 0 Å². The number of rotatable bonds is 5. The van der Waals surface area contributed by atoms with Crippen molar-refractivity contribution < 1.29 is 4.74 Å². The van der Waals surface area contributed by atoms with Crippen LogP contribution in [0, 0.1) is 0 Å². The third-order valence-electron chi connectivity index (χ3n) is 2.49. The second-order valence-electron chi connectivity index (χ2n) is 4.51. The van der Waals surface area contributed by atoms with Crippen LogP contribution < -0.4 is 10.1 Å². The minimum atomic E-state index is 0.137. The van der Waals surface area contributed by atoms with Crippen LogP contribution in [-0.4, -0.2) is 22.6 Å². The van der Waals surface area contributed by atoms with E-state index in [2.05, 4.69) is 15.3 Å². The first kappa shape index (κ1) is 13.3. The van der Waals surface area contributed by atoms with Crippen molar-refractivity contribution in [3.8, 4) is 17.0 Å². The van der Waals surface area contributed by atoms with Gasteiger partial charge in [-0.15, -0.1) is 0 Å². The number of anilines is 1. The molecule has 4 heteroatoms. The highest BCUT2D eigenvalue weighted by molar-refractivity contribution is 5.61. The van der Waals surface area contributed by atoms with Crippen LogP contribution in [0.3, 0.4) is 0 Å². The highest BCUT2D eigenvalue weighted by Gasteiger charge is 2.04. The largest absolute Gasteiger partial charge is 0.489 e. The fourth-order valence-electron chi connectivity index (χ4n) is 1.77. The lowest BCUT2D eigenvalue weighted by molar-refractivity contribution is 0.241. The van der Waals surface area contributed by atoms with Gasteiger partial charge in [-0.25, -0.2) is 4.98 Å². The molecule has 0 saturated carbocycles. The molecule has 0 bridgehead atoms. The summed E-state index contributed by atoms with van der Waals surface area (Å²) in [6, 6.07) is 7.87. The first-order valence-corrected chi connectivity index (χ1v) is 6.52. The standard InChI is InChI=1S/C15H19N3O/c1-4-17-15-7-5-6-14(18-15)12-8-13(10-16-9-12)19-11(2)3/h5-11H,4H2,1-3H3,(H,17,18). The maximum atomic E-state index is 5.65. The van der Waals surface area contributed by atoms with E-state index < -0.39 is 0 Å². The van der Waals surface area contributed by atoms with Crippen LogP contribution in [0.15, 0.2) is 36.7 Å². The molecular formula is C15H19N3O. The molecule has 2 aromatic heterocycles. The second kappa shape index (κ2) is 6.18. The minimum Gasteiger partial charge on any atom is -0.489 e. The summed E-state index contributed by atoms with van der Waals surface area (Å²) in [4.78, 5) is 8.75. The topological polar surface area (TPSA) is 47.0 Å². The van der Waals surface area contributed by atoms with E-state index in [1.807, 2.05) is 45.0 Å². The Labute approximate surface area is 113 Å². The second-order valence-corrected chi connectivity index (χ2v) is 4.51. The van der Waals surface area contributed by atoms with E-state index in [1.165, 1.54) is 0 Å². The molecule has 19 heavy (non-hydrogen) atoms. The Morgan fingerprint density at radius 1 is 1.26 bits per heavy atom. The van der Waals surface area contributed by atoms with Crippen molar-refractivity contribution in [3.05, 3.63) is 36.7 Å². The van der Waals surface area contributed by atoms with Crippen LogP contribution in [-0.2, 0) is 0 Å². The van der Waals surface area contributed by atoms with Gasteiger partial charge in [-0.05, 0) is 39.0 Å². The molecule has 1 N–H and O–H groups in total. The summed E-state index contributed by atoms with van der Waals surface area (Å²) >= 11 is 0. The zero-order chi connectivity index (χ0) is 13.7. The van der Waals surface area contributed by atoms with E-state index in [1.54, 1.807) is 12.4 Å². The molecule has 0 atom stereocenters. The van der Waals surface area contributed by atoms with Crippen LogP contribution in [0.5, 0.6) is 5.75 Å². The van der Waals surface area contributed by atoms with Crippen LogP contribution in [0.4, 0.5) is 5.82 Å². The smallest absolute Gasteiger partial charge is 0.138 e. The lowest BCUT2D eigenvalue weighted by Crippen LogP contribution is -2.05. The molecule has 0 spiro atoms. The Bertz CT molecular complexity index is 540. The van der Waals surface area contributed by atoms with E-state index in [0.717, 1.165) is 29.4 Å². The molecule has 2 heterocycles. The summed E-state index contributed by atoms with van der Waals surface area (Å²) in [5.74, 6) is 1.64. The predicted molar refractivity (Wildman–Crippen MR) is 77.4 cm³/mol. The molecule has 0 saturated heterocycles. The average Bonchev–Trinajstić information content (AvgIpc) is 2.39. The maximum absolute atomic E-state index is 5.65. The zero-order valence-electron chi connectivity index (χ0n) is 11.6. The van der Waals surface area contributed by atoms with E-state index in [4.69, 9.17) is 4.74 Å². The third kappa shape index (κ3) is 3.68. The summed E-state index contributed by atoms with van der Waals surface area (Å²) in [5, 5.41) is 3.20. The summed E-state index contributed by atoms with van der Waals surface area (Å²) in [7, 11) is 0. The Morgan fingerprint density at radius 3 is 2.84 bits per heavy atom. The number of hydrogen-bond donors (Lipinski definition) is 1. The van der Waals surface area contributed by atoms with Crippen LogP contribution in [0.25, 0.3) is 11.3 Å². The molecule has 100 valence electrons. The van der Waals surface area contributed by atoms with E-state index >= 15 is 0 Å². The van der Waals surface area contributed by atoms with Crippen molar-refractivity contribution >= 4 is 5.82 Å². The Balaban J connectivity index is 2.28. The average molecular weight is 257 g/mol. The Morgan fingerprint density at radius 2 is 2.11 bits per heavy atom. The van der Waals surface area contributed by atoms with Gasteiger partial charge in [0.1, 0.15) is 11.6 Å². The van der Waals surface area contributed by atoms with Gasteiger partial charge in [-0.2, -0.15) is 0 Å². The van der Waals surface area contributed by atoms with E-state index in [-0.39, 0.29) is 6.10 Å². The van der Waals surface area contributed by atoms with Gasteiger partial charge in [-0.3, -0.25) is 4.98 Å². The fourth-order valence-corrected chi connectivity index (χ4v) is 1.77. The monoisotopic (exact) mass is 257 g/mol. The SMILES string of the molecule is CCNc1cccc(-c2cncc(OC(C)C)c2)n1. The van der Waals surface area contributed by atoms with Gasteiger partial charge in [0.2, 0.25) is 0 Å². The third-order valence-corrected chi connectivity index (χ3v) is 2.49. The molecule has 0 aliphatic rings. The quantitative estimate of drug-likeness (QED) is 0.892. The van der Waals surface area contributed by atoms with Crippen LogP contribution in [0.1, 0.15) is 20.8 Å². The molecule has 0 radical (unpaired) electrons. The molecule has 2 aromatic rings. The van der Waals surface area contributed by atoms with Crippen molar-refractivity contribution in [2.24, 2.45) is 0 Å². The number of ether oxygens (including phenoxy) is 1. The number of hydrogen-bond acceptors (Lipinski definition) is 4. The first-order valence-electron chi connectivity index (χ1n) is 6.52. The minimum absolute atomic E-state index is 0.137. The molecule has 0 aliphatic carbocycles. The van der Waals surface area contributed by atoms with Gasteiger partial charge in [-0.1, -0.05) is 6.07 Å². The van der Waals surface area contributed by atoms with Crippen molar-refractivity contribution in [2.75, 3.05) is 11.9 Å². The maximum Gasteiger partial charge on any atom is 0.138 e. The molecule has 0 amide bonds. The van der Waals surface area contributed by atoms with Crippen LogP contribution >= 0.6 is 0 Å². The lowest BCUT2D eigenvalue weighted by atomic mass is 10.2. The molecule has 0 aliphatic heterocycles. The molecular weight excluding hydrogens is 238 g/mol. The molecule has 4 nitrogen and oxygen atoms in total. The lowest BCUT2D eigenvalue weighted by Gasteiger charge is -2.10. The highest BCUT2D eigenvalue weighted by Crippen LogP contribution is 2.22. The summed E-state index contributed by atoms with van der Waals surface area (Å²) < 4.78 is 5.65. The van der Waals surface area contributed by atoms with Crippen molar-refractivity contribution in [1.82, 2.24) is 9.97 Å². The highest BCUT2D eigenvalue weighted by atomic mass is 16.5. The summed E-state index contributed by atoms with van der Waals surface area (Å²) in [5.41, 5.74) is 1.85. The zero-order valence-corrected chi connectivity index (χ0v) is 11.6. The molecule has 0 fully saturated rings. The normalized spacial score (nSPS) is 10.5. The van der Waals surface area contributed by atoms with Crippen LogP contribution in [0.2, 0.25) is 0 Å². The van der Waals surface area contributed by atoms with Gasteiger partial charge < -0.3 is 10.1 Å². The Kier molecular flexibility index (Phi) is 4.34. The number of aromatic nitrogens is 2. The van der Waals surface area contributed by atoms with Crippen molar-refractivity contribution in [2.45, 2.75) is 26.9 Å². The fraction of sp³-hybridized carbons (Fsp3) is 0.333. The van der Waals surface area contributed by atoms with Gasteiger partial charge in [0, 0.05) is 18.3 Å². The number of nitrogens with zero attached hydrogens (tertiary/aromatic N) is 2. The van der Waals surface area contributed by atoms with E-state index in [0.29, 0.717) is 0 Å². The van der Waals surface area contributed by atoms with Gasteiger partial charge in [0.05, 0.1) is 18.0 Å². The summed E-state index contributed by atoms with van der Waals surface area (Å²) in [6.07, 6.45) is 3.65. The summed E-state index contributed by atoms with van der Waals surface area (Å²) in [6.45, 7) is 6.89.